The Labute approximate surface area is 351 Å². The number of esters is 1. The van der Waals surface area contributed by atoms with E-state index < -0.39 is 66.3 Å². The van der Waals surface area contributed by atoms with E-state index in [2.05, 4.69) is 13.8 Å². The average molecular weight is 862 g/mol. The molecule has 0 unspecified atom stereocenters. The summed E-state index contributed by atoms with van der Waals surface area (Å²) < 4.78 is 66.6. The van der Waals surface area contributed by atoms with Gasteiger partial charge in [-0.3, -0.25) is 24.1 Å². The predicted octanol–water partition coefficient (Wildman–Crippen LogP) is 6.26. The van der Waals surface area contributed by atoms with Gasteiger partial charge in [0.05, 0.1) is 31.3 Å². The van der Waals surface area contributed by atoms with Crippen LogP contribution < -0.4 is 20.9 Å². The van der Waals surface area contributed by atoms with Crippen molar-refractivity contribution < 1.29 is 70.7 Å². The van der Waals surface area contributed by atoms with Gasteiger partial charge in [-0.2, -0.15) is 13.2 Å². The predicted molar refractivity (Wildman–Crippen MR) is 214 cm³/mol. The molecule has 60 heavy (non-hydrogen) atoms. The number of ether oxygens (including phenoxy) is 6. The standard InChI is InChI=1S/C39H63N3O10.C3H3F3O2/c1-25(2)28(18-27-10-11-32(48-8)34(19-27)49-17-9-16-47-7)20-30-33(21-29(26(3)4)31(43)12-13-38(5,6)35(41)44)50-23-42(30)37(46)52-24-51-36(45)39(22-40)14-15-39;4-3(5,6)1-2(7)8/h10-11,19,25-26,28-30,33H,9,12-18,20-24,40H2,1-8H3,(H2,41,44);1H2,(H,7,8)/t28-,29-,30-,33-;/m0./s1. The number of amides is 2. The molecular formula is C42H66F3N3O12. The third kappa shape index (κ3) is 16.7. The fourth-order valence-corrected chi connectivity index (χ4v) is 6.78. The first-order valence-electron chi connectivity index (χ1n) is 20.3. The van der Waals surface area contributed by atoms with E-state index in [0.717, 1.165) is 12.0 Å². The molecule has 1 aliphatic heterocycles. The lowest BCUT2D eigenvalue weighted by Crippen LogP contribution is -2.43. The van der Waals surface area contributed by atoms with Crippen LogP contribution in [0.25, 0.3) is 0 Å². The SMILES string of the molecule is COCCCOc1cc(C[C@@H](C[C@H]2[C@H](C[C@H](C(=O)CCC(C)(C)C(N)=O)C(C)C)OCN2C(=O)OCOC(=O)C2(CN)CC2)C(C)C)ccc1OC.O=C(O)CC(F)(F)F. The van der Waals surface area contributed by atoms with Crippen LogP contribution in [0.1, 0.15) is 98.5 Å². The van der Waals surface area contributed by atoms with Crippen molar-refractivity contribution in [2.45, 2.75) is 118 Å². The summed E-state index contributed by atoms with van der Waals surface area (Å²) in [7, 11) is 3.27. The highest BCUT2D eigenvalue weighted by Crippen LogP contribution is 2.45. The number of primary amides is 1. The van der Waals surface area contributed by atoms with E-state index >= 15 is 0 Å². The van der Waals surface area contributed by atoms with E-state index in [1.54, 1.807) is 33.0 Å². The van der Waals surface area contributed by atoms with E-state index in [1.165, 1.54) is 0 Å². The fraction of sp³-hybridized carbons (Fsp3) is 0.738. The molecule has 1 saturated carbocycles. The summed E-state index contributed by atoms with van der Waals surface area (Å²) in [6.07, 6.45) is -3.20. The quantitative estimate of drug-likeness (QED) is 0.0595. The van der Waals surface area contributed by atoms with E-state index in [0.29, 0.717) is 63.2 Å². The van der Waals surface area contributed by atoms with Gasteiger partial charge in [0.1, 0.15) is 18.9 Å². The molecule has 1 aromatic rings. The third-order valence-electron chi connectivity index (χ3n) is 11.2. The van der Waals surface area contributed by atoms with Crippen LogP contribution in [0.5, 0.6) is 11.5 Å². The zero-order chi connectivity index (χ0) is 45.4. The summed E-state index contributed by atoms with van der Waals surface area (Å²) in [5, 5.41) is 7.53. The van der Waals surface area contributed by atoms with Gasteiger partial charge in [0.15, 0.2) is 11.5 Å². The van der Waals surface area contributed by atoms with Crippen molar-refractivity contribution in [3.05, 3.63) is 23.8 Å². The average Bonchev–Trinajstić information content (AvgIpc) is 3.87. The Morgan fingerprint density at radius 1 is 0.983 bits per heavy atom. The number of halogens is 3. The maximum absolute atomic E-state index is 13.6. The van der Waals surface area contributed by atoms with Gasteiger partial charge in [-0.1, -0.05) is 47.6 Å². The Bertz CT molecular complexity index is 1570. The first-order chi connectivity index (χ1) is 28.0. The number of Topliss-reactive ketones (excluding diaryl/α,β-unsaturated/α-hetero) is 1. The molecule has 342 valence electrons. The number of carboxylic acids is 1. The molecular weight excluding hydrogens is 795 g/mol. The molecule has 0 bridgehead atoms. The zero-order valence-electron chi connectivity index (χ0n) is 36.3. The number of carbonyl (C=O) groups excluding carboxylic acids is 4. The van der Waals surface area contributed by atoms with Crippen molar-refractivity contribution in [2.75, 3.05) is 47.5 Å². The number of methoxy groups -OCH3 is 2. The van der Waals surface area contributed by atoms with Crippen molar-refractivity contribution in [1.29, 1.82) is 0 Å². The molecule has 5 N–H and O–H groups in total. The van der Waals surface area contributed by atoms with Crippen LogP contribution in [0, 0.1) is 34.5 Å². The highest BCUT2D eigenvalue weighted by molar-refractivity contribution is 5.84. The molecule has 2 aliphatic rings. The number of nitrogens with zero attached hydrogens (tertiary/aromatic N) is 1. The molecule has 18 heteroatoms. The second-order valence-corrected chi connectivity index (χ2v) is 16.9. The second kappa shape index (κ2) is 23.7. The van der Waals surface area contributed by atoms with Crippen LogP contribution in [0.2, 0.25) is 0 Å². The number of carbonyl (C=O) groups is 5. The zero-order valence-corrected chi connectivity index (χ0v) is 36.3. The molecule has 4 atom stereocenters. The molecule has 0 spiro atoms. The minimum atomic E-state index is -4.58. The molecule has 1 heterocycles. The molecule has 1 saturated heterocycles. The summed E-state index contributed by atoms with van der Waals surface area (Å²) in [6.45, 7) is 12.5. The van der Waals surface area contributed by atoms with Crippen molar-refractivity contribution in [2.24, 2.45) is 46.0 Å². The van der Waals surface area contributed by atoms with Crippen LogP contribution >= 0.6 is 0 Å². The van der Waals surface area contributed by atoms with Gasteiger partial charge in [-0.15, -0.1) is 0 Å². The van der Waals surface area contributed by atoms with Gasteiger partial charge in [-0.25, -0.2) is 4.79 Å². The van der Waals surface area contributed by atoms with E-state index in [-0.39, 0.29) is 49.2 Å². The number of rotatable bonds is 24. The summed E-state index contributed by atoms with van der Waals surface area (Å²) >= 11 is 0. The van der Waals surface area contributed by atoms with Crippen LogP contribution in [0.15, 0.2) is 18.2 Å². The largest absolute Gasteiger partial charge is 0.493 e. The smallest absolute Gasteiger partial charge is 0.414 e. The normalized spacial score (nSPS) is 18.3. The Morgan fingerprint density at radius 2 is 1.65 bits per heavy atom. The van der Waals surface area contributed by atoms with Crippen LogP contribution in [-0.2, 0) is 44.5 Å². The maximum Gasteiger partial charge on any atom is 0.414 e. The number of carboxylic acid groups (broad SMARTS) is 1. The number of benzene rings is 1. The molecule has 1 aromatic carbocycles. The van der Waals surface area contributed by atoms with E-state index in [9.17, 15) is 37.1 Å². The maximum atomic E-state index is 13.6. The number of nitrogens with two attached hydrogens (primary N) is 2. The number of ketones is 1. The molecule has 1 aliphatic carbocycles. The summed E-state index contributed by atoms with van der Waals surface area (Å²) in [4.78, 5) is 62.5. The van der Waals surface area contributed by atoms with Crippen LogP contribution in [0.4, 0.5) is 18.0 Å². The number of alkyl halides is 3. The molecule has 2 amide bonds. The minimum absolute atomic E-state index is 0.00588. The number of hydrogen-bond donors (Lipinski definition) is 3. The van der Waals surface area contributed by atoms with Crippen molar-refractivity contribution >= 4 is 29.7 Å². The summed E-state index contributed by atoms with van der Waals surface area (Å²) in [5.41, 5.74) is 10.9. The lowest BCUT2D eigenvalue weighted by Gasteiger charge is -2.33. The van der Waals surface area contributed by atoms with Gasteiger partial charge in [0, 0.05) is 44.4 Å². The fourth-order valence-electron chi connectivity index (χ4n) is 6.78. The lowest BCUT2D eigenvalue weighted by atomic mass is 9.78. The van der Waals surface area contributed by atoms with Crippen LogP contribution in [0.3, 0.4) is 0 Å². The highest BCUT2D eigenvalue weighted by Gasteiger charge is 2.50. The molecule has 2 fully saturated rings. The van der Waals surface area contributed by atoms with Gasteiger partial charge >= 0.3 is 24.2 Å². The van der Waals surface area contributed by atoms with Gasteiger partial charge in [0.25, 0.3) is 0 Å². The minimum Gasteiger partial charge on any atom is -0.493 e. The van der Waals surface area contributed by atoms with Crippen molar-refractivity contribution in [1.82, 2.24) is 4.90 Å². The lowest BCUT2D eigenvalue weighted by molar-refractivity contribution is -0.166. The topological polar surface area (TPSA) is 216 Å². The monoisotopic (exact) mass is 861 g/mol. The van der Waals surface area contributed by atoms with Crippen molar-refractivity contribution in [3.63, 3.8) is 0 Å². The van der Waals surface area contributed by atoms with Crippen LogP contribution in [-0.4, -0.2) is 106 Å². The number of hydrogen-bond acceptors (Lipinski definition) is 12. The Hall–Kier alpha value is -4.16. The summed E-state index contributed by atoms with van der Waals surface area (Å²) in [5.74, 6) is -1.48. The Morgan fingerprint density at radius 3 is 2.15 bits per heavy atom. The summed E-state index contributed by atoms with van der Waals surface area (Å²) in [6, 6.07) is 5.50. The first kappa shape index (κ1) is 52.0. The van der Waals surface area contributed by atoms with Crippen molar-refractivity contribution in [3.8, 4) is 11.5 Å². The third-order valence-corrected chi connectivity index (χ3v) is 11.2. The second-order valence-electron chi connectivity index (χ2n) is 16.9. The molecule has 15 nitrogen and oxygen atoms in total. The molecule has 0 radical (unpaired) electrons. The highest BCUT2D eigenvalue weighted by atomic mass is 19.4. The Kier molecular flexibility index (Phi) is 20.6. The van der Waals surface area contributed by atoms with E-state index in [4.69, 9.17) is 45.0 Å². The van der Waals surface area contributed by atoms with Gasteiger partial charge in [0.2, 0.25) is 12.7 Å². The molecule has 3 rings (SSSR count). The molecule has 0 aromatic heterocycles. The van der Waals surface area contributed by atoms with Gasteiger partial charge in [-0.05, 0) is 74.0 Å². The Balaban J connectivity index is 0.00000140. The van der Waals surface area contributed by atoms with Gasteiger partial charge < -0.3 is 45.0 Å². The first-order valence-corrected chi connectivity index (χ1v) is 20.3. The van der Waals surface area contributed by atoms with E-state index in [1.807, 2.05) is 32.0 Å². The number of aliphatic carboxylic acids is 1.